The second kappa shape index (κ2) is 5.31. The molecule has 0 unspecified atom stereocenters. The summed E-state index contributed by atoms with van der Waals surface area (Å²) in [7, 11) is 0. The van der Waals surface area contributed by atoms with Gasteiger partial charge in [-0.25, -0.2) is 4.79 Å². The Morgan fingerprint density at radius 1 is 0.947 bits per heavy atom. The van der Waals surface area contributed by atoms with E-state index in [9.17, 15) is 9.59 Å². The van der Waals surface area contributed by atoms with Crippen LogP contribution >= 0.6 is 0 Å². The highest BCUT2D eigenvalue weighted by molar-refractivity contribution is 6.14. The molecule has 1 N–H and O–H groups in total. The van der Waals surface area contributed by atoms with Crippen LogP contribution in [0.3, 0.4) is 0 Å². The van der Waals surface area contributed by atoms with Crippen molar-refractivity contribution >= 4 is 17.8 Å². The third-order valence-corrected chi connectivity index (χ3v) is 2.81. The van der Waals surface area contributed by atoms with Gasteiger partial charge in [-0.3, -0.25) is 4.79 Å². The molecule has 19 heavy (non-hydrogen) atoms. The van der Waals surface area contributed by atoms with Gasteiger partial charge in [0.25, 0.3) is 0 Å². The minimum atomic E-state index is -1.10. The van der Waals surface area contributed by atoms with E-state index in [4.69, 9.17) is 5.11 Å². The molecule has 0 aliphatic rings. The van der Waals surface area contributed by atoms with Gasteiger partial charge in [0.2, 0.25) is 0 Å². The van der Waals surface area contributed by atoms with Crippen LogP contribution in [0.4, 0.5) is 0 Å². The fraction of sp³-hybridized carbons (Fsp3) is 0. The Morgan fingerprint density at radius 3 is 2.05 bits per heavy atom. The minimum absolute atomic E-state index is 0.0142. The van der Waals surface area contributed by atoms with Crippen LogP contribution < -0.4 is 0 Å². The smallest absolute Gasteiger partial charge is 0.336 e. The molecule has 0 saturated carbocycles. The molecule has 3 nitrogen and oxygen atoms in total. The summed E-state index contributed by atoms with van der Waals surface area (Å²) in [4.78, 5) is 23.4. The molecule has 0 fully saturated rings. The first-order valence-electron chi connectivity index (χ1n) is 5.73. The summed E-state index contributed by atoms with van der Waals surface area (Å²) in [6.45, 7) is 3.64. The van der Waals surface area contributed by atoms with Crippen molar-refractivity contribution in [1.82, 2.24) is 0 Å². The predicted octanol–water partition coefficient (Wildman–Crippen LogP) is 3.26. The third-order valence-electron chi connectivity index (χ3n) is 2.81. The topological polar surface area (TPSA) is 54.4 Å². The number of hydrogen-bond donors (Lipinski definition) is 1. The Morgan fingerprint density at radius 2 is 1.53 bits per heavy atom. The third kappa shape index (κ3) is 2.60. The van der Waals surface area contributed by atoms with E-state index >= 15 is 0 Å². The first kappa shape index (κ1) is 12.8. The molecule has 3 heteroatoms. The van der Waals surface area contributed by atoms with Crippen LogP contribution in [0, 0.1) is 0 Å². The maximum atomic E-state index is 12.3. The molecular formula is C16H12O3. The van der Waals surface area contributed by atoms with Crippen molar-refractivity contribution in [1.29, 1.82) is 0 Å². The molecule has 0 heterocycles. The maximum absolute atomic E-state index is 12.3. The summed E-state index contributed by atoms with van der Waals surface area (Å²) in [5.74, 6) is -1.40. The summed E-state index contributed by atoms with van der Waals surface area (Å²) in [6.07, 6.45) is 1.68. The highest BCUT2D eigenvalue weighted by atomic mass is 16.4. The van der Waals surface area contributed by atoms with Crippen molar-refractivity contribution < 1.29 is 14.7 Å². The van der Waals surface area contributed by atoms with Gasteiger partial charge in [-0.1, -0.05) is 55.1 Å². The molecule has 0 aliphatic carbocycles. The van der Waals surface area contributed by atoms with E-state index in [1.54, 1.807) is 42.5 Å². The lowest BCUT2D eigenvalue weighted by Gasteiger charge is -2.05. The number of carbonyl (C=O) groups excluding carboxylic acids is 1. The van der Waals surface area contributed by atoms with Crippen LogP contribution in [0.25, 0.3) is 6.08 Å². The number of carboxylic acids is 1. The number of ketones is 1. The van der Waals surface area contributed by atoms with E-state index in [-0.39, 0.29) is 16.9 Å². The van der Waals surface area contributed by atoms with Crippen LogP contribution in [-0.4, -0.2) is 16.9 Å². The summed E-state index contributed by atoms with van der Waals surface area (Å²) in [5, 5.41) is 9.08. The lowest BCUT2D eigenvalue weighted by molar-refractivity contribution is 0.0693. The summed E-state index contributed by atoms with van der Waals surface area (Å²) < 4.78 is 0. The Balaban J connectivity index is 2.43. The van der Waals surface area contributed by atoms with Crippen molar-refractivity contribution in [2.75, 3.05) is 0 Å². The first-order chi connectivity index (χ1) is 9.13. The fourth-order valence-corrected chi connectivity index (χ4v) is 1.79. The molecule has 0 saturated heterocycles. The normalized spacial score (nSPS) is 9.89. The average molecular weight is 252 g/mol. The number of rotatable bonds is 4. The highest BCUT2D eigenvalue weighted by Crippen LogP contribution is 2.15. The summed E-state index contributed by atoms with van der Waals surface area (Å²) in [5.41, 5.74) is 1.57. The number of hydrogen-bond acceptors (Lipinski definition) is 2. The minimum Gasteiger partial charge on any atom is -0.478 e. The Bertz CT molecular complexity index is 639. The zero-order valence-corrected chi connectivity index (χ0v) is 10.2. The van der Waals surface area contributed by atoms with Crippen LogP contribution in [0.2, 0.25) is 0 Å². The zero-order chi connectivity index (χ0) is 13.8. The standard InChI is InChI=1S/C16H12O3/c1-2-11-7-9-12(10-8-11)15(17)13-5-3-4-6-14(13)16(18)19/h2-10H,1H2,(H,18,19). The number of carbonyl (C=O) groups is 2. The molecule has 0 bridgehead atoms. The monoisotopic (exact) mass is 252 g/mol. The van der Waals surface area contributed by atoms with Crippen LogP contribution in [0.5, 0.6) is 0 Å². The average Bonchev–Trinajstić information content (AvgIpc) is 2.46. The van der Waals surface area contributed by atoms with Gasteiger partial charge in [0.1, 0.15) is 0 Å². The molecule has 0 atom stereocenters. The van der Waals surface area contributed by atoms with Gasteiger partial charge in [0.05, 0.1) is 5.56 Å². The molecule has 0 aromatic heterocycles. The van der Waals surface area contributed by atoms with Crippen molar-refractivity contribution in [3.63, 3.8) is 0 Å². The maximum Gasteiger partial charge on any atom is 0.336 e. The largest absolute Gasteiger partial charge is 0.478 e. The van der Waals surface area contributed by atoms with Gasteiger partial charge in [-0.05, 0) is 11.6 Å². The molecule has 0 aliphatic heterocycles. The molecule has 2 rings (SSSR count). The van der Waals surface area contributed by atoms with E-state index in [1.165, 1.54) is 12.1 Å². The molecule has 0 radical (unpaired) electrons. The van der Waals surface area contributed by atoms with Crippen molar-refractivity contribution in [3.8, 4) is 0 Å². The molecule has 0 spiro atoms. The Hall–Kier alpha value is -2.68. The number of benzene rings is 2. The van der Waals surface area contributed by atoms with Crippen molar-refractivity contribution in [2.24, 2.45) is 0 Å². The van der Waals surface area contributed by atoms with Gasteiger partial charge in [0, 0.05) is 11.1 Å². The number of aromatic carboxylic acids is 1. The molecule has 94 valence electrons. The van der Waals surface area contributed by atoms with E-state index in [0.717, 1.165) is 5.56 Å². The van der Waals surface area contributed by atoms with E-state index < -0.39 is 5.97 Å². The Kier molecular flexibility index (Phi) is 3.57. The predicted molar refractivity (Wildman–Crippen MR) is 73.4 cm³/mol. The second-order valence-corrected chi connectivity index (χ2v) is 4.01. The lowest BCUT2D eigenvalue weighted by Crippen LogP contribution is -2.09. The van der Waals surface area contributed by atoms with Gasteiger partial charge in [-0.2, -0.15) is 0 Å². The van der Waals surface area contributed by atoms with Crippen LogP contribution in [-0.2, 0) is 0 Å². The first-order valence-corrected chi connectivity index (χ1v) is 5.73. The lowest BCUT2D eigenvalue weighted by atomic mass is 9.98. The van der Waals surface area contributed by atoms with Crippen molar-refractivity contribution in [2.45, 2.75) is 0 Å². The molecule has 2 aromatic rings. The highest BCUT2D eigenvalue weighted by Gasteiger charge is 2.16. The van der Waals surface area contributed by atoms with Gasteiger partial charge < -0.3 is 5.11 Å². The molecule has 2 aromatic carbocycles. The zero-order valence-electron chi connectivity index (χ0n) is 10.2. The quantitative estimate of drug-likeness (QED) is 0.850. The molecule has 0 amide bonds. The van der Waals surface area contributed by atoms with E-state index in [0.29, 0.717) is 5.56 Å². The molecular weight excluding hydrogens is 240 g/mol. The van der Waals surface area contributed by atoms with E-state index in [2.05, 4.69) is 6.58 Å². The van der Waals surface area contributed by atoms with Gasteiger partial charge in [0.15, 0.2) is 5.78 Å². The van der Waals surface area contributed by atoms with Crippen LogP contribution in [0.1, 0.15) is 31.8 Å². The van der Waals surface area contributed by atoms with Gasteiger partial charge in [-0.15, -0.1) is 0 Å². The van der Waals surface area contributed by atoms with Gasteiger partial charge >= 0.3 is 5.97 Å². The summed E-state index contributed by atoms with van der Waals surface area (Å²) in [6, 6.07) is 13.1. The fourth-order valence-electron chi connectivity index (χ4n) is 1.79. The van der Waals surface area contributed by atoms with E-state index in [1.807, 2.05) is 0 Å². The SMILES string of the molecule is C=Cc1ccc(C(=O)c2ccccc2C(=O)O)cc1. The number of carboxylic acid groups (broad SMARTS) is 1. The second-order valence-electron chi connectivity index (χ2n) is 4.01. The van der Waals surface area contributed by atoms with Crippen molar-refractivity contribution in [3.05, 3.63) is 77.4 Å². The van der Waals surface area contributed by atoms with Crippen LogP contribution in [0.15, 0.2) is 55.1 Å². The summed E-state index contributed by atoms with van der Waals surface area (Å²) >= 11 is 0. The Labute approximate surface area is 110 Å².